The number of ether oxygens (including phenoxy) is 1. The molecule has 0 saturated heterocycles. The van der Waals surface area contributed by atoms with Crippen molar-refractivity contribution in [3.8, 4) is 23.2 Å². The Morgan fingerprint density at radius 1 is 1.36 bits per heavy atom. The quantitative estimate of drug-likeness (QED) is 0.652. The van der Waals surface area contributed by atoms with Crippen LogP contribution in [0.25, 0.3) is 17.0 Å². The number of pyridine rings is 1. The van der Waals surface area contributed by atoms with E-state index in [0.717, 1.165) is 30.0 Å². The van der Waals surface area contributed by atoms with Crippen molar-refractivity contribution in [2.24, 2.45) is 0 Å². The summed E-state index contributed by atoms with van der Waals surface area (Å²) in [6.07, 6.45) is -6.76. The van der Waals surface area contributed by atoms with E-state index < -0.39 is 23.8 Å². The van der Waals surface area contributed by atoms with E-state index in [4.69, 9.17) is 10.00 Å². The summed E-state index contributed by atoms with van der Waals surface area (Å²) in [4.78, 5) is 7.97. The Kier molecular flexibility index (Phi) is 4.78. The number of aliphatic hydroxyl groups is 1. The molecule has 3 heterocycles. The van der Waals surface area contributed by atoms with Gasteiger partial charge in [0, 0.05) is 13.1 Å². The number of aromatic nitrogens is 4. The molecule has 0 aliphatic carbocycles. The molecule has 1 atom stereocenters. The summed E-state index contributed by atoms with van der Waals surface area (Å²) in [5.41, 5.74) is -1.20. The van der Waals surface area contributed by atoms with Gasteiger partial charge in [0.25, 0.3) is 0 Å². The number of nitrogens with one attached hydrogen (secondary N) is 1. The fourth-order valence-electron chi connectivity index (χ4n) is 2.53. The van der Waals surface area contributed by atoms with E-state index in [0.29, 0.717) is 0 Å². The molecule has 0 aliphatic heterocycles. The third-order valence-electron chi connectivity index (χ3n) is 3.85. The van der Waals surface area contributed by atoms with Crippen LogP contribution < -0.4 is 10.1 Å². The molecule has 3 aromatic heterocycles. The Balaban J connectivity index is 2.26. The van der Waals surface area contributed by atoms with Crippen molar-refractivity contribution in [2.75, 3.05) is 19.5 Å². The first kappa shape index (κ1) is 19.3. The number of nitrogens with zero attached hydrogens (tertiary/aromatic N) is 5. The van der Waals surface area contributed by atoms with Crippen LogP contribution in [0.5, 0.6) is 5.75 Å². The summed E-state index contributed by atoms with van der Waals surface area (Å²) in [6.45, 7) is 0. The lowest BCUT2D eigenvalue weighted by Gasteiger charge is -2.17. The van der Waals surface area contributed by atoms with E-state index in [1.165, 1.54) is 7.05 Å². The highest BCUT2D eigenvalue weighted by atomic mass is 19.4. The molecule has 0 amide bonds. The highest BCUT2D eigenvalue weighted by Crippen LogP contribution is 2.37. The van der Waals surface area contributed by atoms with Gasteiger partial charge in [-0.05, 0) is 6.07 Å². The van der Waals surface area contributed by atoms with Crippen molar-refractivity contribution in [2.45, 2.75) is 12.3 Å². The number of hydrogen-bond donors (Lipinski definition) is 2. The lowest BCUT2D eigenvalue weighted by molar-refractivity contribution is -0.208. The van der Waals surface area contributed by atoms with Crippen molar-refractivity contribution in [1.29, 1.82) is 5.26 Å². The standard InChI is InChI=1S/C16H12F4N6O2/c1-22-15-7(5-21)3-8(17)12(24-15)9-6-23-11-4-10(28-2)13(25-26(9)11)14(27)16(18,19)20/h3-4,6,14,27H,1-2H3,(H,22,24). The van der Waals surface area contributed by atoms with Crippen LogP contribution in [-0.2, 0) is 0 Å². The molecule has 0 fully saturated rings. The van der Waals surface area contributed by atoms with Crippen LogP contribution >= 0.6 is 0 Å². The smallest absolute Gasteiger partial charge is 0.420 e. The first-order chi connectivity index (χ1) is 13.2. The molecule has 0 spiro atoms. The number of imidazole rings is 1. The van der Waals surface area contributed by atoms with E-state index >= 15 is 0 Å². The predicted molar refractivity (Wildman–Crippen MR) is 88.0 cm³/mol. The zero-order valence-electron chi connectivity index (χ0n) is 14.4. The number of anilines is 1. The fourth-order valence-corrected chi connectivity index (χ4v) is 2.53. The van der Waals surface area contributed by atoms with Crippen LogP contribution in [-0.4, -0.2) is 45.0 Å². The number of fused-ring (bicyclic) bond motifs is 1. The van der Waals surface area contributed by atoms with Gasteiger partial charge in [-0.25, -0.2) is 18.9 Å². The number of halogens is 4. The maximum absolute atomic E-state index is 14.5. The fraction of sp³-hybridized carbons (Fsp3) is 0.250. The highest BCUT2D eigenvalue weighted by Gasteiger charge is 2.42. The summed E-state index contributed by atoms with van der Waals surface area (Å²) < 4.78 is 59.1. The second-order valence-electron chi connectivity index (χ2n) is 5.53. The normalized spacial score (nSPS) is 12.6. The van der Waals surface area contributed by atoms with Gasteiger partial charge in [-0.15, -0.1) is 0 Å². The Morgan fingerprint density at radius 3 is 2.64 bits per heavy atom. The zero-order chi connectivity index (χ0) is 20.6. The molecule has 0 aliphatic rings. The van der Waals surface area contributed by atoms with E-state index in [9.17, 15) is 22.7 Å². The number of methoxy groups -OCH3 is 1. The molecule has 0 saturated carbocycles. The zero-order valence-corrected chi connectivity index (χ0v) is 14.4. The molecular formula is C16H12F4N6O2. The summed E-state index contributed by atoms with van der Waals surface area (Å²) in [5, 5.41) is 25.0. The molecule has 28 heavy (non-hydrogen) atoms. The van der Waals surface area contributed by atoms with E-state index in [2.05, 4.69) is 20.4 Å². The Hall–Kier alpha value is -3.46. The van der Waals surface area contributed by atoms with Gasteiger partial charge in [0.2, 0.25) is 0 Å². The molecule has 8 nitrogen and oxygen atoms in total. The van der Waals surface area contributed by atoms with Gasteiger partial charge >= 0.3 is 6.18 Å². The van der Waals surface area contributed by atoms with Crippen LogP contribution in [0, 0.1) is 17.1 Å². The number of hydrogen-bond acceptors (Lipinski definition) is 7. The Labute approximate surface area is 155 Å². The van der Waals surface area contributed by atoms with E-state index in [-0.39, 0.29) is 34.2 Å². The average molecular weight is 396 g/mol. The summed E-state index contributed by atoms with van der Waals surface area (Å²) in [5.74, 6) is -1.16. The minimum absolute atomic E-state index is 0.0431. The first-order valence-electron chi connectivity index (χ1n) is 7.67. The molecule has 146 valence electrons. The van der Waals surface area contributed by atoms with Crippen LogP contribution in [0.3, 0.4) is 0 Å². The molecule has 3 rings (SSSR count). The predicted octanol–water partition coefficient (Wildman–Crippen LogP) is 2.45. The van der Waals surface area contributed by atoms with E-state index in [1.54, 1.807) is 6.07 Å². The van der Waals surface area contributed by atoms with Gasteiger partial charge in [-0.2, -0.15) is 23.5 Å². The Bertz CT molecular complexity index is 1090. The van der Waals surface area contributed by atoms with Crippen LogP contribution in [0.4, 0.5) is 23.4 Å². The number of rotatable bonds is 4. The van der Waals surface area contributed by atoms with Crippen molar-refractivity contribution >= 4 is 11.5 Å². The molecule has 3 aromatic rings. The van der Waals surface area contributed by atoms with Gasteiger partial charge in [0.1, 0.15) is 34.7 Å². The van der Waals surface area contributed by atoms with Gasteiger partial charge in [0.05, 0.1) is 18.9 Å². The monoisotopic (exact) mass is 396 g/mol. The molecule has 0 aromatic carbocycles. The van der Waals surface area contributed by atoms with Crippen molar-refractivity contribution in [3.63, 3.8) is 0 Å². The summed E-state index contributed by atoms with van der Waals surface area (Å²) in [7, 11) is 2.59. The molecule has 0 radical (unpaired) electrons. The minimum atomic E-state index is -4.99. The van der Waals surface area contributed by atoms with Gasteiger partial charge in [0.15, 0.2) is 17.6 Å². The molecule has 0 bridgehead atoms. The van der Waals surface area contributed by atoms with Crippen LogP contribution in [0.2, 0.25) is 0 Å². The van der Waals surface area contributed by atoms with Gasteiger partial charge < -0.3 is 15.2 Å². The third-order valence-corrected chi connectivity index (χ3v) is 3.85. The van der Waals surface area contributed by atoms with Gasteiger partial charge in [-0.3, -0.25) is 0 Å². The van der Waals surface area contributed by atoms with E-state index in [1.807, 2.05) is 0 Å². The second-order valence-corrected chi connectivity index (χ2v) is 5.53. The minimum Gasteiger partial charge on any atom is -0.495 e. The first-order valence-corrected chi connectivity index (χ1v) is 7.67. The molecular weight excluding hydrogens is 384 g/mol. The summed E-state index contributed by atoms with van der Waals surface area (Å²) in [6, 6.07) is 3.83. The second kappa shape index (κ2) is 6.93. The van der Waals surface area contributed by atoms with Crippen molar-refractivity contribution in [1.82, 2.24) is 19.6 Å². The number of alkyl halides is 3. The van der Waals surface area contributed by atoms with Crippen LogP contribution in [0.1, 0.15) is 17.4 Å². The largest absolute Gasteiger partial charge is 0.495 e. The Morgan fingerprint density at radius 2 is 2.07 bits per heavy atom. The molecule has 12 heteroatoms. The molecule has 2 N–H and O–H groups in total. The average Bonchev–Trinajstić information content (AvgIpc) is 3.07. The van der Waals surface area contributed by atoms with Crippen molar-refractivity contribution < 1.29 is 27.4 Å². The molecule has 1 unspecified atom stereocenters. The SMILES string of the molecule is CNc1nc(-c2cnc3cc(OC)c(C(O)C(F)(F)F)nn23)c(F)cc1C#N. The van der Waals surface area contributed by atoms with Crippen molar-refractivity contribution in [3.05, 3.63) is 35.4 Å². The van der Waals surface area contributed by atoms with Crippen LogP contribution in [0.15, 0.2) is 18.3 Å². The number of nitriles is 1. The summed E-state index contributed by atoms with van der Waals surface area (Å²) >= 11 is 0. The number of aliphatic hydroxyl groups excluding tert-OH is 1. The topological polar surface area (TPSA) is 108 Å². The lowest BCUT2D eigenvalue weighted by atomic mass is 10.2. The lowest BCUT2D eigenvalue weighted by Crippen LogP contribution is -2.23. The maximum Gasteiger partial charge on any atom is 0.420 e. The third kappa shape index (κ3) is 3.16. The van der Waals surface area contributed by atoms with Gasteiger partial charge in [-0.1, -0.05) is 0 Å². The maximum atomic E-state index is 14.5. The highest BCUT2D eigenvalue weighted by molar-refractivity contribution is 5.65.